The smallest absolute Gasteiger partial charge is 0.252 e. The molecule has 6 heteroatoms. The summed E-state index contributed by atoms with van der Waals surface area (Å²) >= 11 is 4.89. The first-order chi connectivity index (χ1) is 11.1. The Morgan fingerprint density at radius 3 is 2.61 bits per heavy atom. The lowest BCUT2D eigenvalue weighted by Gasteiger charge is -2.17. The van der Waals surface area contributed by atoms with Crippen LogP contribution in [0.5, 0.6) is 0 Å². The SMILES string of the molecule is CN(Cc1ccc(Br)cc1)C(=O)CCCNC(=O)c1ccsc1. The fourth-order valence-electron chi connectivity index (χ4n) is 2.08. The largest absolute Gasteiger partial charge is 0.352 e. The molecule has 2 amide bonds. The van der Waals surface area contributed by atoms with Gasteiger partial charge in [-0.2, -0.15) is 11.3 Å². The van der Waals surface area contributed by atoms with Crippen LogP contribution in [0.15, 0.2) is 45.6 Å². The molecule has 0 atom stereocenters. The normalized spacial score (nSPS) is 10.3. The molecule has 4 nitrogen and oxygen atoms in total. The first kappa shape index (κ1) is 17.7. The number of hydrogen-bond donors (Lipinski definition) is 1. The van der Waals surface area contributed by atoms with Gasteiger partial charge in [-0.3, -0.25) is 9.59 Å². The van der Waals surface area contributed by atoms with Crippen LogP contribution in [0.2, 0.25) is 0 Å². The Morgan fingerprint density at radius 2 is 1.96 bits per heavy atom. The molecule has 1 heterocycles. The fraction of sp³-hybridized carbons (Fsp3) is 0.294. The van der Waals surface area contributed by atoms with Crippen molar-refractivity contribution in [1.82, 2.24) is 10.2 Å². The van der Waals surface area contributed by atoms with Crippen molar-refractivity contribution in [2.45, 2.75) is 19.4 Å². The zero-order chi connectivity index (χ0) is 16.7. The van der Waals surface area contributed by atoms with Crippen molar-refractivity contribution in [1.29, 1.82) is 0 Å². The number of carbonyl (C=O) groups is 2. The third kappa shape index (κ3) is 5.80. The van der Waals surface area contributed by atoms with Gasteiger partial charge in [0.05, 0.1) is 0 Å². The summed E-state index contributed by atoms with van der Waals surface area (Å²) in [5, 5.41) is 6.51. The van der Waals surface area contributed by atoms with E-state index in [-0.39, 0.29) is 11.8 Å². The van der Waals surface area contributed by atoms with E-state index in [1.807, 2.05) is 35.0 Å². The number of amides is 2. The average molecular weight is 395 g/mol. The Balaban J connectivity index is 1.67. The molecular weight excluding hydrogens is 376 g/mol. The summed E-state index contributed by atoms with van der Waals surface area (Å²) < 4.78 is 1.02. The van der Waals surface area contributed by atoms with Gasteiger partial charge in [-0.05, 0) is 35.6 Å². The van der Waals surface area contributed by atoms with Crippen LogP contribution < -0.4 is 5.32 Å². The highest BCUT2D eigenvalue weighted by Gasteiger charge is 2.10. The first-order valence-corrected chi connectivity index (χ1v) is 9.08. The molecule has 0 radical (unpaired) electrons. The molecule has 122 valence electrons. The molecule has 0 unspecified atom stereocenters. The Labute approximate surface area is 148 Å². The number of rotatable bonds is 7. The maximum absolute atomic E-state index is 12.1. The highest BCUT2D eigenvalue weighted by atomic mass is 79.9. The van der Waals surface area contributed by atoms with Gasteiger partial charge in [0.1, 0.15) is 0 Å². The predicted molar refractivity (Wildman–Crippen MR) is 96.5 cm³/mol. The topological polar surface area (TPSA) is 49.4 Å². The molecule has 0 saturated carbocycles. The maximum atomic E-state index is 12.1. The van der Waals surface area contributed by atoms with E-state index in [2.05, 4.69) is 21.2 Å². The van der Waals surface area contributed by atoms with E-state index in [0.29, 0.717) is 31.5 Å². The summed E-state index contributed by atoms with van der Waals surface area (Å²) in [5.41, 5.74) is 1.77. The second kappa shape index (κ2) is 8.84. The Kier molecular flexibility index (Phi) is 6.80. The minimum absolute atomic E-state index is 0.0812. The van der Waals surface area contributed by atoms with Gasteiger partial charge in [0.15, 0.2) is 0 Å². The zero-order valence-electron chi connectivity index (χ0n) is 12.9. The summed E-state index contributed by atoms with van der Waals surface area (Å²) in [4.78, 5) is 25.6. The summed E-state index contributed by atoms with van der Waals surface area (Å²) in [5.74, 6) is -0.000355. The van der Waals surface area contributed by atoms with Crippen LogP contribution in [-0.4, -0.2) is 30.3 Å². The molecule has 1 N–H and O–H groups in total. The number of nitrogens with one attached hydrogen (secondary N) is 1. The van der Waals surface area contributed by atoms with Gasteiger partial charge in [-0.25, -0.2) is 0 Å². The van der Waals surface area contributed by atoms with Crippen LogP contribution in [0.4, 0.5) is 0 Å². The molecule has 0 spiro atoms. The van der Waals surface area contributed by atoms with Crippen LogP contribution in [0.25, 0.3) is 0 Å². The highest BCUT2D eigenvalue weighted by Crippen LogP contribution is 2.12. The fourth-order valence-corrected chi connectivity index (χ4v) is 2.98. The second-order valence-corrected chi connectivity index (χ2v) is 6.94. The lowest BCUT2D eigenvalue weighted by molar-refractivity contribution is -0.130. The van der Waals surface area contributed by atoms with Crippen LogP contribution in [-0.2, 0) is 11.3 Å². The maximum Gasteiger partial charge on any atom is 0.252 e. The van der Waals surface area contributed by atoms with Gasteiger partial charge in [0, 0.05) is 42.0 Å². The first-order valence-electron chi connectivity index (χ1n) is 7.35. The molecule has 0 aliphatic carbocycles. The number of halogens is 1. The number of carbonyl (C=O) groups excluding carboxylic acids is 2. The van der Waals surface area contributed by atoms with Gasteiger partial charge in [-0.1, -0.05) is 28.1 Å². The number of thiophene rings is 1. The molecule has 0 aliphatic heterocycles. The van der Waals surface area contributed by atoms with Crippen LogP contribution in [0.3, 0.4) is 0 Å². The Hall–Kier alpha value is -1.66. The van der Waals surface area contributed by atoms with Crippen LogP contribution in [0, 0.1) is 0 Å². The van der Waals surface area contributed by atoms with Crippen molar-refractivity contribution < 1.29 is 9.59 Å². The summed E-state index contributed by atoms with van der Waals surface area (Å²) in [6.45, 7) is 1.10. The quantitative estimate of drug-likeness (QED) is 0.728. The van der Waals surface area contributed by atoms with Crippen molar-refractivity contribution in [3.05, 3.63) is 56.7 Å². The van der Waals surface area contributed by atoms with E-state index in [1.165, 1.54) is 11.3 Å². The van der Waals surface area contributed by atoms with Gasteiger partial charge in [-0.15, -0.1) is 0 Å². The van der Waals surface area contributed by atoms with E-state index in [9.17, 15) is 9.59 Å². The van der Waals surface area contributed by atoms with E-state index in [0.717, 1.165) is 10.0 Å². The van der Waals surface area contributed by atoms with Crippen molar-refractivity contribution >= 4 is 39.1 Å². The van der Waals surface area contributed by atoms with Crippen molar-refractivity contribution in [3.63, 3.8) is 0 Å². The van der Waals surface area contributed by atoms with Gasteiger partial charge in [0.2, 0.25) is 5.91 Å². The van der Waals surface area contributed by atoms with Crippen LogP contribution >= 0.6 is 27.3 Å². The predicted octanol–water partition coefficient (Wildman–Crippen LogP) is 3.68. The molecule has 2 rings (SSSR count). The van der Waals surface area contributed by atoms with Gasteiger partial charge >= 0.3 is 0 Å². The number of benzene rings is 1. The molecule has 0 fully saturated rings. The number of hydrogen-bond acceptors (Lipinski definition) is 3. The third-order valence-corrected chi connectivity index (χ3v) is 4.61. The van der Waals surface area contributed by atoms with E-state index < -0.39 is 0 Å². The molecule has 0 bridgehead atoms. The van der Waals surface area contributed by atoms with E-state index >= 15 is 0 Å². The van der Waals surface area contributed by atoms with Gasteiger partial charge in [0.25, 0.3) is 5.91 Å². The van der Waals surface area contributed by atoms with E-state index in [1.54, 1.807) is 18.0 Å². The van der Waals surface area contributed by atoms with Crippen molar-refractivity contribution in [3.8, 4) is 0 Å². The molecule has 23 heavy (non-hydrogen) atoms. The zero-order valence-corrected chi connectivity index (χ0v) is 15.3. The lowest BCUT2D eigenvalue weighted by Crippen LogP contribution is -2.28. The molecular formula is C17H19BrN2O2S. The van der Waals surface area contributed by atoms with E-state index in [4.69, 9.17) is 0 Å². The van der Waals surface area contributed by atoms with Gasteiger partial charge < -0.3 is 10.2 Å². The summed E-state index contributed by atoms with van der Waals surface area (Å²) in [6, 6.07) is 9.71. The molecule has 2 aromatic rings. The van der Waals surface area contributed by atoms with Crippen molar-refractivity contribution in [2.24, 2.45) is 0 Å². The Morgan fingerprint density at radius 1 is 1.22 bits per heavy atom. The minimum Gasteiger partial charge on any atom is -0.352 e. The monoisotopic (exact) mass is 394 g/mol. The average Bonchev–Trinajstić information content (AvgIpc) is 3.07. The van der Waals surface area contributed by atoms with Crippen LogP contribution in [0.1, 0.15) is 28.8 Å². The van der Waals surface area contributed by atoms with Crippen molar-refractivity contribution in [2.75, 3.05) is 13.6 Å². The lowest BCUT2D eigenvalue weighted by atomic mass is 10.2. The minimum atomic E-state index is -0.0816. The number of nitrogens with zero attached hydrogens (tertiary/aromatic N) is 1. The highest BCUT2D eigenvalue weighted by molar-refractivity contribution is 9.10. The molecule has 1 aromatic heterocycles. The molecule has 0 aliphatic rings. The Bertz CT molecular complexity index is 641. The summed E-state index contributed by atoms with van der Waals surface area (Å²) in [6.07, 6.45) is 1.07. The standard InChI is InChI=1S/C17H19BrN2O2S/c1-20(11-13-4-6-15(18)7-5-13)16(21)3-2-9-19-17(22)14-8-10-23-12-14/h4-8,10,12H,2-3,9,11H2,1H3,(H,19,22). The second-order valence-electron chi connectivity index (χ2n) is 5.25. The summed E-state index contributed by atoms with van der Waals surface area (Å²) in [7, 11) is 1.80. The third-order valence-electron chi connectivity index (χ3n) is 3.40. The molecule has 0 saturated heterocycles. The molecule has 1 aromatic carbocycles.